The molecule has 3 aliphatic heterocycles. The largest absolute Gasteiger partial charge is 0.381 e. The molecular weight excluding hydrogens is 312 g/mol. The molecule has 24 heavy (non-hydrogen) atoms. The predicted molar refractivity (Wildman–Crippen MR) is 83.7 cm³/mol. The molecule has 7 heteroatoms. The molecule has 0 aliphatic carbocycles. The van der Waals surface area contributed by atoms with Crippen molar-refractivity contribution in [2.75, 3.05) is 39.6 Å². The van der Waals surface area contributed by atoms with E-state index in [1.807, 2.05) is 4.90 Å². The van der Waals surface area contributed by atoms with Crippen LogP contribution in [0, 0.1) is 18.8 Å². The fraction of sp³-hybridized carbons (Fsp3) is 0.765. The van der Waals surface area contributed by atoms with Gasteiger partial charge in [-0.2, -0.15) is 0 Å². The van der Waals surface area contributed by atoms with E-state index in [0.29, 0.717) is 37.1 Å². The van der Waals surface area contributed by atoms with Gasteiger partial charge in [0.1, 0.15) is 5.76 Å². The van der Waals surface area contributed by atoms with Gasteiger partial charge in [-0.3, -0.25) is 4.79 Å². The normalized spacial score (nSPS) is 30.7. The number of ether oxygens (including phenoxy) is 3. The Bertz CT molecular complexity index is 583. The number of nitrogens with zero attached hydrogens (tertiary/aromatic N) is 2. The van der Waals surface area contributed by atoms with Gasteiger partial charge in [0, 0.05) is 31.7 Å². The van der Waals surface area contributed by atoms with Crippen LogP contribution in [0.1, 0.15) is 29.1 Å². The van der Waals surface area contributed by atoms with E-state index in [4.69, 9.17) is 18.7 Å². The Labute approximate surface area is 141 Å². The highest BCUT2D eigenvalue weighted by Crippen LogP contribution is 2.33. The van der Waals surface area contributed by atoms with Crippen molar-refractivity contribution in [1.82, 2.24) is 10.1 Å². The Hall–Kier alpha value is -1.44. The van der Waals surface area contributed by atoms with E-state index in [1.54, 1.807) is 13.0 Å². The molecule has 0 unspecified atom stereocenters. The number of hydrogen-bond acceptors (Lipinski definition) is 6. The zero-order valence-electron chi connectivity index (χ0n) is 14.0. The number of carbonyl (C=O) groups excluding carboxylic acids is 1. The molecule has 3 aliphatic rings. The average Bonchev–Trinajstić information content (AvgIpc) is 3.30. The molecule has 4 heterocycles. The second-order valence-corrected chi connectivity index (χ2v) is 6.98. The molecule has 3 saturated heterocycles. The molecule has 1 amide bonds. The maximum atomic E-state index is 12.7. The topological polar surface area (TPSA) is 74.0 Å². The Morgan fingerprint density at radius 1 is 1.33 bits per heavy atom. The molecule has 1 aromatic rings. The van der Waals surface area contributed by atoms with Gasteiger partial charge in [0.2, 0.25) is 0 Å². The molecule has 7 nitrogen and oxygen atoms in total. The number of carbonyl (C=O) groups is 1. The average molecular weight is 336 g/mol. The second kappa shape index (κ2) is 6.82. The fourth-order valence-electron chi connectivity index (χ4n) is 3.90. The van der Waals surface area contributed by atoms with Crippen molar-refractivity contribution in [3.05, 3.63) is 17.5 Å². The number of aromatic nitrogens is 1. The first-order chi connectivity index (χ1) is 11.7. The first-order valence-corrected chi connectivity index (χ1v) is 8.74. The van der Waals surface area contributed by atoms with E-state index in [0.717, 1.165) is 32.7 Å². The van der Waals surface area contributed by atoms with Crippen LogP contribution in [0.3, 0.4) is 0 Å². The summed E-state index contributed by atoms with van der Waals surface area (Å²) in [6.07, 6.45) is 2.15. The van der Waals surface area contributed by atoms with Gasteiger partial charge in [0.25, 0.3) is 5.91 Å². The molecule has 3 atom stereocenters. The maximum Gasteiger partial charge on any atom is 0.276 e. The quantitative estimate of drug-likeness (QED) is 0.824. The van der Waals surface area contributed by atoms with E-state index in [1.165, 1.54) is 0 Å². The Balaban J connectivity index is 1.40. The van der Waals surface area contributed by atoms with Crippen molar-refractivity contribution < 1.29 is 23.5 Å². The number of likely N-dealkylation sites (tertiary alicyclic amines) is 1. The van der Waals surface area contributed by atoms with Crippen molar-refractivity contribution >= 4 is 5.91 Å². The monoisotopic (exact) mass is 336 g/mol. The summed E-state index contributed by atoms with van der Waals surface area (Å²) in [7, 11) is 0. The van der Waals surface area contributed by atoms with Crippen molar-refractivity contribution in [3.8, 4) is 0 Å². The zero-order chi connectivity index (χ0) is 16.5. The lowest BCUT2D eigenvalue weighted by molar-refractivity contribution is -0.0252. The lowest BCUT2D eigenvalue weighted by atomic mass is 10.00. The van der Waals surface area contributed by atoms with E-state index in [2.05, 4.69) is 5.16 Å². The second-order valence-electron chi connectivity index (χ2n) is 6.98. The van der Waals surface area contributed by atoms with Crippen LogP contribution in [0.4, 0.5) is 0 Å². The van der Waals surface area contributed by atoms with Crippen LogP contribution in [-0.2, 0) is 14.2 Å². The van der Waals surface area contributed by atoms with E-state index in [9.17, 15) is 4.79 Å². The summed E-state index contributed by atoms with van der Waals surface area (Å²) >= 11 is 0. The van der Waals surface area contributed by atoms with Crippen molar-refractivity contribution in [2.24, 2.45) is 11.8 Å². The molecule has 132 valence electrons. The Morgan fingerprint density at radius 2 is 2.17 bits per heavy atom. The maximum absolute atomic E-state index is 12.7. The molecule has 0 spiro atoms. The van der Waals surface area contributed by atoms with Gasteiger partial charge < -0.3 is 23.6 Å². The summed E-state index contributed by atoms with van der Waals surface area (Å²) in [5.74, 6) is 1.36. The first-order valence-electron chi connectivity index (χ1n) is 8.74. The third-order valence-corrected chi connectivity index (χ3v) is 5.34. The van der Waals surface area contributed by atoms with Gasteiger partial charge in [-0.1, -0.05) is 5.16 Å². The minimum Gasteiger partial charge on any atom is -0.381 e. The molecule has 1 aromatic heterocycles. The molecule has 0 saturated carbocycles. The summed E-state index contributed by atoms with van der Waals surface area (Å²) in [5.41, 5.74) is 0.364. The van der Waals surface area contributed by atoms with Crippen LogP contribution >= 0.6 is 0 Å². The molecular formula is C17H24N2O5. The van der Waals surface area contributed by atoms with Crippen LogP contribution in [0.5, 0.6) is 0 Å². The van der Waals surface area contributed by atoms with E-state index < -0.39 is 0 Å². The number of aryl methyl sites for hydroxylation is 1. The highest BCUT2D eigenvalue weighted by Gasteiger charge is 2.48. The highest BCUT2D eigenvalue weighted by molar-refractivity contribution is 5.92. The van der Waals surface area contributed by atoms with E-state index in [-0.39, 0.29) is 24.0 Å². The summed E-state index contributed by atoms with van der Waals surface area (Å²) in [6, 6.07) is 1.76. The summed E-state index contributed by atoms with van der Waals surface area (Å²) in [4.78, 5) is 14.6. The van der Waals surface area contributed by atoms with Crippen molar-refractivity contribution in [3.63, 3.8) is 0 Å². The third-order valence-electron chi connectivity index (χ3n) is 5.34. The third kappa shape index (κ3) is 3.08. The highest BCUT2D eigenvalue weighted by atomic mass is 16.5. The standard InChI is InChI=1S/C17H24N2O5/c1-11-6-14(18-24-11)17(20)19-7-16(13-9-22-10-15(13)19)23-8-12-2-4-21-5-3-12/h6,12-13,15-16H,2-5,7-10H2,1H3/t13-,15+,16-/m0/s1. The summed E-state index contributed by atoms with van der Waals surface area (Å²) in [5, 5.41) is 3.86. The van der Waals surface area contributed by atoms with Crippen LogP contribution in [-0.4, -0.2) is 67.7 Å². The van der Waals surface area contributed by atoms with Gasteiger partial charge in [0.15, 0.2) is 5.69 Å². The molecule has 0 N–H and O–H groups in total. The SMILES string of the molecule is Cc1cc(C(=O)N2C[C@H](OCC3CCOCC3)[C@H]3COC[C@H]32)no1. The van der Waals surface area contributed by atoms with Gasteiger partial charge >= 0.3 is 0 Å². The smallest absolute Gasteiger partial charge is 0.276 e. The van der Waals surface area contributed by atoms with Crippen molar-refractivity contribution in [1.29, 1.82) is 0 Å². The molecule has 3 fully saturated rings. The van der Waals surface area contributed by atoms with Gasteiger partial charge in [0.05, 0.1) is 32.0 Å². The van der Waals surface area contributed by atoms with Crippen LogP contribution in [0.25, 0.3) is 0 Å². The van der Waals surface area contributed by atoms with Gasteiger partial charge in [-0.05, 0) is 25.7 Å². The minimum atomic E-state index is -0.0930. The minimum absolute atomic E-state index is 0.0392. The number of rotatable bonds is 4. The number of hydrogen-bond donors (Lipinski definition) is 0. The lowest BCUT2D eigenvalue weighted by Gasteiger charge is -2.25. The molecule has 0 aromatic carbocycles. The molecule has 0 bridgehead atoms. The van der Waals surface area contributed by atoms with Crippen molar-refractivity contribution in [2.45, 2.75) is 31.9 Å². The zero-order valence-corrected chi connectivity index (χ0v) is 14.0. The summed E-state index contributed by atoms with van der Waals surface area (Å²) in [6.45, 7) is 6.01. The van der Waals surface area contributed by atoms with Crippen LogP contribution in [0.15, 0.2) is 10.6 Å². The molecule has 0 radical (unpaired) electrons. The first kappa shape index (κ1) is 16.1. The van der Waals surface area contributed by atoms with Crippen LogP contribution in [0.2, 0.25) is 0 Å². The van der Waals surface area contributed by atoms with Gasteiger partial charge in [-0.15, -0.1) is 0 Å². The lowest BCUT2D eigenvalue weighted by Crippen LogP contribution is -2.38. The fourth-order valence-corrected chi connectivity index (χ4v) is 3.90. The molecule has 4 rings (SSSR count). The number of fused-ring (bicyclic) bond motifs is 1. The van der Waals surface area contributed by atoms with E-state index >= 15 is 0 Å². The van der Waals surface area contributed by atoms with Gasteiger partial charge in [-0.25, -0.2) is 0 Å². The predicted octanol–water partition coefficient (Wildman–Crippen LogP) is 1.27. The Morgan fingerprint density at radius 3 is 2.92 bits per heavy atom. The number of amides is 1. The summed E-state index contributed by atoms with van der Waals surface area (Å²) < 4.78 is 22.3. The Kier molecular flexibility index (Phi) is 4.56. The van der Waals surface area contributed by atoms with Crippen LogP contribution < -0.4 is 0 Å².